The van der Waals surface area contributed by atoms with Crippen LogP contribution in [0.5, 0.6) is 0 Å². The molecular weight excluding hydrogens is 156 g/mol. The van der Waals surface area contributed by atoms with E-state index in [4.69, 9.17) is 0 Å². The molecule has 0 atom stereocenters. The summed E-state index contributed by atoms with van der Waals surface area (Å²) in [5.74, 6) is 1.20. The van der Waals surface area contributed by atoms with E-state index in [0.29, 0.717) is 0 Å². The van der Waals surface area contributed by atoms with Crippen molar-refractivity contribution in [2.45, 2.75) is 13.8 Å². The molecule has 0 fully saturated rings. The summed E-state index contributed by atoms with van der Waals surface area (Å²) in [4.78, 5) is 0. The van der Waals surface area contributed by atoms with Crippen LogP contribution in [0.4, 0.5) is 0 Å². The highest BCUT2D eigenvalue weighted by molar-refractivity contribution is 8.78. The van der Waals surface area contributed by atoms with Gasteiger partial charge in [-0.15, -0.1) is 0 Å². The zero-order chi connectivity index (χ0) is 5.54. The van der Waals surface area contributed by atoms with Crippen LogP contribution in [0.2, 0.25) is 0 Å². The molecule has 1 aliphatic rings. The Morgan fingerprint density at radius 3 is 2.12 bits per heavy atom. The fourth-order valence-electron chi connectivity index (χ4n) is 0.196. The monoisotopic (exact) mass is 168 g/mol. The van der Waals surface area contributed by atoms with Crippen LogP contribution in [0.15, 0.2) is 11.5 Å². The molecule has 0 amide bonds. The van der Waals surface area contributed by atoms with E-state index in [1.54, 1.807) is 0 Å². The zero-order valence-electron chi connectivity index (χ0n) is 5.18. The fraction of sp³-hybridized carbons (Fsp3) is 0.600. The molecule has 50 valence electrons. The summed E-state index contributed by atoms with van der Waals surface area (Å²) in [7, 11) is 3.69. The van der Waals surface area contributed by atoms with Crippen LogP contribution in [0.25, 0.3) is 0 Å². The van der Waals surface area contributed by atoms with Gasteiger partial charge in [-0.3, -0.25) is 0 Å². The van der Waals surface area contributed by atoms with E-state index in [-0.39, 0.29) is 13.5 Å². The van der Waals surface area contributed by atoms with Crippen molar-refractivity contribution in [1.82, 2.24) is 0 Å². The van der Waals surface area contributed by atoms with E-state index in [1.165, 1.54) is 5.75 Å². The van der Waals surface area contributed by atoms with E-state index in [9.17, 15) is 0 Å². The van der Waals surface area contributed by atoms with Crippen LogP contribution in [0, 0.1) is 0 Å². The van der Waals surface area contributed by atoms with E-state index >= 15 is 0 Å². The summed E-state index contributed by atoms with van der Waals surface area (Å²) in [6.07, 6.45) is 2.16. The van der Waals surface area contributed by atoms with Crippen molar-refractivity contribution < 1.29 is 0 Å². The van der Waals surface area contributed by atoms with Gasteiger partial charge in [-0.05, 0) is 5.41 Å². The highest BCUT2D eigenvalue weighted by Gasteiger charge is 1.85. The summed E-state index contributed by atoms with van der Waals surface area (Å²) in [5.41, 5.74) is 0. The van der Waals surface area contributed by atoms with Crippen LogP contribution in [0.1, 0.15) is 13.8 Å². The molecule has 0 unspecified atom stereocenters. The largest absolute Gasteiger partial charge is 0.197 e. The maximum absolute atomic E-state index is 2.16. The minimum atomic E-state index is 0. The van der Waals surface area contributed by atoms with E-state index < -0.39 is 0 Å². The lowest BCUT2D eigenvalue weighted by atomic mass is 10.8. The second kappa shape index (κ2) is 10.7. The summed E-state index contributed by atoms with van der Waals surface area (Å²) in [6.45, 7) is 4.00. The minimum Gasteiger partial charge on any atom is -0.197 e. The Morgan fingerprint density at radius 2 is 2.00 bits per heavy atom. The maximum Gasteiger partial charge on any atom is 0.0229 e. The Kier molecular flexibility index (Phi) is 15.5. The van der Waals surface area contributed by atoms with Crippen molar-refractivity contribution in [2.24, 2.45) is 0 Å². The topological polar surface area (TPSA) is 0 Å². The van der Waals surface area contributed by atoms with Gasteiger partial charge in [-0.25, -0.2) is 0 Å². The van der Waals surface area contributed by atoms with Gasteiger partial charge in [0.2, 0.25) is 0 Å². The van der Waals surface area contributed by atoms with Crippen LogP contribution in [-0.4, -0.2) is 5.75 Å². The van der Waals surface area contributed by atoms with Gasteiger partial charge < -0.3 is 0 Å². The Bertz CT molecular complexity index is 45.6. The molecule has 0 aromatic heterocycles. The average Bonchev–Trinajstić information content (AvgIpc) is 2.23. The molecule has 8 heavy (non-hydrogen) atoms. The first-order valence-electron chi connectivity index (χ1n) is 2.43. The second-order valence-electron chi connectivity index (χ2n) is 0.753. The third kappa shape index (κ3) is 6.79. The van der Waals surface area contributed by atoms with Gasteiger partial charge in [0.05, 0.1) is 0 Å². The molecule has 0 spiro atoms. The minimum absolute atomic E-state index is 0. The van der Waals surface area contributed by atoms with Gasteiger partial charge in [0.25, 0.3) is 0 Å². The van der Waals surface area contributed by atoms with Crippen molar-refractivity contribution in [3.63, 3.8) is 0 Å². The predicted molar refractivity (Wildman–Crippen MR) is 50.9 cm³/mol. The SMILES string of the molecule is C1=CSSC1.CC.S. The summed E-state index contributed by atoms with van der Waals surface area (Å²) >= 11 is 0. The first kappa shape index (κ1) is 11.6. The summed E-state index contributed by atoms with van der Waals surface area (Å²) in [6, 6.07) is 0. The summed E-state index contributed by atoms with van der Waals surface area (Å²) in [5, 5.41) is 2.12. The lowest BCUT2D eigenvalue weighted by Gasteiger charge is -1.69. The molecular formula is C5H12S3. The zero-order valence-corrected chi connectivity index (χ0v) is 7.81. The Labute approximate surface area is 66.3 Å². The molecule has 1 rings (SSSR count). The Hall–Kier alpha value is 0.790. The third-order valence-electron chi connectivity index (χ3n) is 0.384. The molecule has 0 bridgehead atoms. The molecule has 0 aromatic carbocycles. The van der Waals surface area contributed by atoms with Gasteiger partial charge in [0, 0.05) is 5.75 Å². The molecule has 0 aromatic rings. The van der Waals surface area contributed by atoms with Crippen LogP contribution < -0.4 is 0 Å². The van der Waals surface area contributed by atoms with Crippen molar-refractivity contribution in [3.8, 4) is 0 Å². The average molecular weight is 168 g/mol. The summed E-state index contributed by atoms with van der Waals surface area (Å²) < 4.78 is 0. The molecule has 0 saturated carbocycles. The normalized spacial score (nSPS) is 13.8. The molecule has 0 saturated heterocycles. The number of rotatable bonds is 0. The number of hydrogen-bond acceptors (Lipinski definition) is 2. The van der Waals surface area contributed by atoms with Crippen molar-refractivity contribution in [1.29, 1.82) is 0 Å². The van der Waals surface area contributed by atoms with E-state index in [2.05, 4.69) is 11.5 Å². The fourth-order valence-corrected chi connectivity index (χ4v) is 1.77. The molecule has 0 radical (unpaired) electrons. The van der Waals surface area contributed by atoms with Gasteiger partial charge >= 0.3 is 0 Å². The predicted octanol–water partition coefficient (Wildman–Crippen LogP) is 3.03. The lowest BCUT2D eigenvalue weighted by molar-refractivity contribution is 1.50. The number of hydrogen-bond donors (Lipinski definition) is 0. The quantitative estimate of drug-likeness (QED) is 0.510. The maximum atomic E-state index is 2.16. The van der Waals surface area contributed by atoms with Gasteiger partial charge in [0.15, 0.2) is 0 Å². The second-order valence-corrected chi connectivity index (χ2v) is 3.07. The molecule has 0 aliphatic carbocycles. The first-order chi connectivity index (χ1) is 3.50. The Morgan fingerprint density at radius 1 is 1.38 bits per heavy atom. The van der Waals surface area contributed by atoms with Crippen LogP contribution >= 0.6 is 35.1 Å². The van der Waals surface area contributed by atoms with Gasteiger partial charge in [-0.1, -0.05) is 41.5 Å². The van der Waals surface area contributed by atoms with E-state index in [1.807, 2.05) is 35.4 Å². The standard InChI is InChI=1S/C3H4S2.C2H6.H2S/c1-2-4-5-3-1;1-2;/h1-2H,3H2;1-2H3;1H2. The van der Waals surface area contributed by atoms with Gasteiger partial charge in [-0.2, -0.15) is 13.5 Å². The molecule has 0 N–H and O–H groups in total. The first-order valence-corrected chi connectivity index (χ1v) is 4.81. The highest BCUT2D eigenvalue weighted by atomic mass is 33.1. The smallest absolute Gasteiger partial charge is 0.0229 e. The third-order valence-corrected chi connectivity index (χ3v) is 2.30. The van der Waals surface area contributed by atoms with E-state index in [0.717, 1.165) is 0 Å². The molecule has 0 nitrogen and oxygen atoms in total. The molecule has 1 heterocycles. The lowest BCUT2D eigenvalue weighted by Crippen LogP contribution is -1.46. The molecule has 3 heteroatoms. The van der Waals surface area contributed by atoms with Crippen LogP contribution in [0.3, 0.4) is 0 Å². The molecule has 1 aliphatic heterocycles. The van der Waals surface area contributed by atoms with Crippen molar-refractivity contribution in [2.75, 3.05) is 5.75 Å². The van der Waals surface area contributed by atoms with Crippen molar-refractivity contribution >= 4 is 35.1 Å². The van der Waals surface area contributed by atoms with Gasteiger partial charge in [0.1, 0.15) is 0 Å². The Balaban J connectivity index is 0. The van der Waals surface area contributed by atoms with Crippen molar-refractivity contribution in [3.05, 3.63) is 11.5 Å². The highest BCUT2D eigenvalue weighted by Crippen LogP contribution is 2.27. The van der Waals surface area contributed by atoms with Crippen LogP contribution in [-0.2, 0) is 0 Å².